The van der Waals surface area contributed by atoms with Gasteiger partial charge in [0.2, 0.25) is 5.91 Å². The van der Waals surface area contributed by atoms with E-state index in [9.17, 15) is 4.79 Å². The number of carbonyl (C=O) groups is 1. The van der Waals surface area contributed by atoms with Gasteiger partial charge in [0.1, 0.15) is 0 Å². The molecule has 0 bridgehead atoms. The van der Waals surface area contributed by atoms with Gasteiger partial charge in [-0.1, -0.05) is 0 Å². The lowest BCUT2D eigenvalue weighted by atomic mass is 10.2. The fraction of sp³-hybridized carbons (Fsp3) is 0.909. The first-order valence-corrected chi connectivity index (χ1v) is 5.66. The van der Waals surface area contributed by atoms with E-state index in [0.29, 0.717) is 18.6 Å². The van der Waals surface area contributed by atoms with Crippen molar-refractivity contribution in [2.75, 3.05) is 26.7 Å². The molecule has 0 atom stereocenters. The Kier molecular flexibility index (Phi) is 7.34. The summed E-state index contributed by atoms with van der Waals surface area (Å²) in [6, 6.07) is 1.10. The molecule has 0 heterocycles. The monoisotopic (exact) mass is 215 g/mol. The molecule has 4 heteroatoms. The molecule has 0 fully saturated rings. The summed E-state index contributed by atoms with van der Waals surface area (Å²) in [5.41, 5.74) is 0. The van der Waals surface area contributed by atoms with Gasteiger partial charge in [-0.15, -0.1) is 0 Å². The predicted octanol–water partition coefficient (Wildman–Crippen LogP) is 0.441. The summed E-state index contributed by atoms with van der Waals surface area (Å²) in [4.78, 5) is 13.3. The zero-order valence-electron chi connectivity index (χ0n) is 10.6. The van der Waals surface area contributed by atoms with Crippen molar-refractivity contribution in [2.24, 2.45) is 0 Å². The van der Waals surface area contributed by atoms with Gasteiger partial charge < -0.3 is 10.6 Å². The maximum Gasteiger partial charge on any atom is 0.233 e. The van der Waals surface area contributed by atoms with Gasteiger partial charge in [-0.2, -0.15) is 0 Å². The topological polar surface area (TPSA) is 44.4 Å². The maximum atomic E-state index is 10.9. The van der Waals surface area contributed by atoms with Crippen LogP contribution >= 0.6 is 0 Å². The molecule has 0 rings (SSSR count). The number of hydrogen-bond donors (Lipinski definition) is 2. The van der Waals surface area contributed by atoms with Crippen LogP contribution in [0, 0.1) is 0 Å². The summed E-state index contributed by atoms with van der Waals surface area (Å²) in [5.74, 6) is 0.0376. The average Bonchev–Trinajstić information content (AvgIpc) is 2.15. The van der Waals surface area contributed by atoms with E-state index in [2.05, 4.69) is 43.2 Å². The van der Waals surface area contributed by atoms with Gasteiger partial charge in [0, 0.05) is 32.2 Å². The van der Waals surface area contributed by atoms with Crippen LogP contribution in [0.4, 0.5) is 0 Å². The minimum Gasteiger partial charge on any atom is -0.358 e. The standard InChI is InChI=1S/C11H25N3O/c1-9(2)14(10(3)4)7-6-13-8-11(15)12-5/h9-10,13H,6-8H2,1-5H3,(H,12,15). The highest BCUT2D eigenvalue weighted by atomic mass is 16.1. The SMILES string of the molecule is CNC(=O)CNCCN(C(C)C)C(C)C. The summed E-state index contributed by atoms with van der Waals surface area (Å²) >= 11 is 0. The second-order valence-corrected chi connectivity index (χ2v) is 4.28. The smallest absolute Gasteiger partial charge is 0.233 e. The zero-order valence-corrected chi connectivity index (χ0v) is 10.6. The minimum absolute atomic E-state index is 0.0376. The lowest BCUT2D eigenvalue weighted by Gasteiger charge is -2.30. The minimum atomic E-state index is 0.0376. The molecule has 0 unspecified atom stereocenters. The highest BCUT2D eigenvalue weighted by molar-refractivity contribution is 5.77. The summed E-state index contributed by atoms with van der Waals surface area (Å²) in [6.45, 7) is 11.0. The first-order valence-electron chi connectivity index (χ1n) is 5.66. The summed E-state index contributed by atoms with van der Waals surface area (Å²) < 4.78 is 0. The van der Waals surface area contributed by atoms with Crippen LogP contribution in [-0.2, 0) is 4.79 Å². The summed E-state index contributed by atoms with van der Waals surface area (Å²) in [5, 5.41) is 5.71. The number of nitrogens with one attached hydrogen (secondary N) is 2. The van der Waals surface area contributed by atoms with Crippen molar-refractivity contribution < 1.29 is 4.79 Å². The van der Waals surface area contributed by atoms with Gasteiger partial charge in [-0.25, -0.2) is 0 Å². The molecule has 90 valence electrons. The van der Waals surface area contributed by atoms with Crippen molar-refractivity contribution in [1.29, 1.82) is 0 Å². The van der Waals surface area contributed by atoms with Gasteiger partial charge in [0.15, 0.2) is 0 Å². The van der Waals surface area contributed by atoms with Crippen molar-refractivity contribution in [2.45, 2.75) is 39.8 Å². The molecular formula is C11H25N3O. The quantitative estimate of drug-likeness (QED) is 0.606. The second-order valence-electron chi connectivity index (χ2n) is 4.28. The van der Waals surface area contributed by atoms with E-state index in [0.717, 1.165) is 13.1 Å². The van der Waals surface area contributed by atoms with Gasteiger partial charge in [0.25, 0.3) is 0 Å². The molecule has 4 nitrogen and oxygen atoms in total. The van der Waals surface area contributed by atoms with Gasteiger partial charge in [-0.3, -0.25) is 9.69 Å². The van der Waals surface area contributed by atoms with Gasteiger partial charge >= 0.3 is 0 Å². The molecule has 1 amide bonds. The number of hydrogen-bond acceptors (Lipinski definition) is 3. The molecule has 15 heavy (non-hydrogen) atoms. The molecule has 2 N–H and O–H groups in total. The Balaban J connectivity index is 3.68. The van der Waals surface area contributed by atoms with E-state index in [1.807, 2.05) is 0 Å². The number of likely N-dealkylation sites (N-methyl/N-ethyl adjacent to an activating group) is 1. The molecule has 0 saturated carbocycles. The molecule has 0 aromatic heterocycles. The lowest BCUT2D eigenvalue weighted by Crippen LogP contribution is -2.43. The Hall–Kier alpha value is -0.610. The third kappa shape index (κ3) is 6.47. The zero-order chi connectivity index (χ0) is 11.8. The largest absolute Gasteiger partial charge is 0.358 e. The second kappa shape index (κ2) is 7.65. The molecule has 0 aromatic rings. The van der Waals surface area contributed by atoms with Crippen molar-refractivity contribution in [1.82, 2.24) is 15.5 Å². The fourth-order valence-corrected chi connectivity index (χ4v) is 1.61. The third-order valence-corrected chi connectivity index (χ3v) is 2.44. The third-order valence-electron chi connectivity index (χ3n) is 2.44. The highest BCUT2D eigenvalue weighted by Crippen LogP contribution is 2.02. The highest BCUT2D eigenvalue weighted by Gasteiger charge is 2.12. The number of nitrogens with zero attached hydrogens (tertiary/aromatic N) is 1. The molecule has 0 spiro atoms. The molecule has 0 aliphatic carbocycles. The number of carbonyl (C=O) groups excluding carboxylic acids is 1. The van der Waals surface area contributed by atoms with E-state index in [4.69, 9.17) is 0 Å². The van der Waals surface area contributed by atoms with Gasteiger partial charge in [0.05, 0.1) is 6.54 Å². The van der Waals surface area contributed by atoms with Gasteiger partial charge in [-0.05, 0) is 27.7 Å². The van der Waals surface area contributed by atoms with Crippen molar-refractivity contribution in [3.8, 4) is 0 Å². The molecule has 0 aliphatic rings. The van der Waals surface area contributed by atoms with Crippen LogP contribution < -0.4 is 10.6 Å². The number of amides is 1. The van der Waals surface area contributed by atoms with Crippen molar-refractivity contribution in [3.63, 3.8) is 0 Å². The van der Waals surface area contributed by atoms with E-state index < -0.39 is 0 Å². The van der Waals surface area contributed by atoms with E-state index >= 15 is 0 Å². The molecule has 0 radical (unpaired) electrons. The van der Waals surface area contributed by atoms with Crippen LogP contribution in [-0.4, -0.2) is 49.6 Å². The molecular weight excluding hydrogens is 190 g/mol. The Bertz CT molecular complexity index is 173. The Morgan fingerprint density at radius 3 is 2.13 bits per heavy atom. The molecule has 0 saturated heterocycles. The first kappa shape index (κ1) is 14.4. The van der Waals surface area contributed by atoms with Crippen LogP contribution in [0.15, 0.2) is 0 Å². The lowest BCUT2D eigenvalue weighted by molar-refractivity contribution is -0.119. The summed E-state index contributed by atoms with van der Waals surface area (Å²) in [6.07, 6.45) is 0. The van der Waals surface area contributed by atoms with Crippen molar-refractivity contribution >= 4 is 5.91 Å². The van der Waals surface area contributed by atoms with Crippen LogP contribution in [0.2, 0.25) is 0 Å². The Labute approximate surface area is 93.4 Å². The average molecular weight is 215 g/mol. The summed E-state index contributed by atoms with van der Waals surface area (Å²) in [7, 11) is 1.65. The van der Waals surface area contributed by atoms with E-state index in [1.165, 1.54) is 0 Å². The van der Waals surface area contributed by atoms with Crippen LogP contribution in [0.3, 0.4) is 0 Å². The van der Waals surface area contributed by atoms with Crippen LogP contribution in [0.5, 0.6) is 0 Å². The molecule has 0 aromatic carbocycles. The normalized spacial score (nSPS) is 11.5. The predicted molar refractivity (Wildman–Crippen MR) is 63.9 cm³/mol. The van der Waals surface area contributed by atoms with E-state index in [1.54, 1.807) is 7.05 Å². The van der Waals surface area contributed by atoms with Crippen LogP contribution in [0.25, 0.3) is 0 Å². The molecule has 0 aliphatic heterocycles. The van der Waals surface area contributed by atoms with Crippen molar-refractivity contribution in [3.05, 3.63) is 0 Å². The van der Waals surface area contributed by atoms with E-state index in [-0.39, 0.29) is 5.91 Å². The Morgan fingerprint density at radius 1 is 1.20 bits per heavy atom. The maximum absolute atomic E-state index is 10.9. The van der Waals surface area contributed by atoms with Crippen LogP contribution in [0.1, 0.15) is 27.7 Å². The number of rotatable bonds is 7. The fourth-order valence-electron chi connectivity index (χ4n) is 1.61. The Morgan fingerprint density at radius 2 is 1.73 bits per heavy atom. The first-order chi connectivity index (χ1) is 6.99.